The van der Waals surface area contributed by atoms with E-state index >= 15 is 0 Å². The van der Waals surface area contributed by atoms with Crippen molar-refractivity contribution in [2.75, 3.05) is 32.9 Å². The number of ether oxygens (including phenoxy) is 2. The summed E-state index contributed by atoms with van der Waals surface area (Å²) in [5.41, 5.74) is 1.38. The van der Waals surface area contributed by atoms with E-state index in [0.717, 1.165) is 13.1 Å². The summed E-state index contributed by atoms with van der Waals surface area (Å²) < 4.78 is 10.0. The predicted octanol–water partition coefficient (Wildman–Crippen LogP) is 2.13. The summed E-state index contributed by atoms with van der Waals surface area (Å²) in [5, 5.41) is 3.35. The minimum atomic E-state index is -0.308. The van der Waals surface area contributed by atoms with Gasteiger partial charge in [0.05, 0.1) is 13.2 Å². The highest BCUT2D eigenvalue weighted by Crippen LogP contribution is 2.21. The van der Waals surface area contributed by atoms with Gasteiger partial charge in [0.15, 0.2) is 0 Å². The van der Waals surface area contributed by atoms with Crippen molar-refractivity contribution in [2.45, 2.75) is 26.2 Å². The van der Waals surface area contributed by atoms with Gasteiger partial charge in [-0.25, -0.2) is 4.79 Å². The molecule has 4 nitrogen and oxygen atoms in total. The molecule has 1 aromatic rings. The Balaban J connectivity index is 2.16. The molecule has 0 aliphatic rings. The van der Waals surface area contributed by atoms with Crippen LogP contribution in [0.4, 0.5) is 0 Å². The van der Waals surface area contributed by atoms with Gasteiger partial charge in [-0.3, -0.25) is 0 Å². The zero-order valence-corrected chi connectivity index (χ0v) is 12.6. The average Bonchev–Trinajstić information content (AvgIpc) is 2.44. The molecular formula is C16H25NO3. The zero-order valence-electron chi connectivity index (χ0n) is 12.6. The summed E-state index contributed by atoms with van der Waals surface area (Å²) in [6, 6.07) is 10.4. The molecule has 112 valence electrons. The van der Waals surface area contributed by atoms with Crippen LogP contribution in [0.25, 0.3) is 0 Å². The van der Waals surface area contributed by atoms with Gasteiger partial charge in [0, 0.05) is 18.5 Å². The number of benzene rings is 1. The van der Waals surface area contributed by atoms with Crippen molar-refractivity contribution >= 4 is 5.97 Å². The first-order valence-electron chi connectivity index (χ1n) is 7.06. The summed E-state index contributed by atoms with van der Waals surface area (Å²) in [7, 11) is 0. The molecule has 0 atom stereocenters. The van der Waals surface area contributed by atoms with Crippen molar-refractivity contribution < 1.29 is 14.3 Å². The Morgan fingerprint density at radius 3 is 2.60 bits per heavy atom. The van der Waals surface area contributed by atoms with Gasteiger partial charge in [-0.05, 0) is 12.5 Å². The van der Waals surface area contributed by atoms with Crippen LogP contribution in [0.2, 0.25) is 0 Å². The van der Waals surface area contributed by atoms with Gasteiger partial charge in [0.1, 0.15) is 6.61 Å². The van der Waals surface area contributed by atoms with Crippen molar-refractivity contribution in [1.82, 2.24) is 5.32 Å². The highest BCUT2D eigenvalue weighted by atomic mass is 16.6. The number of carbonyl (C=O) groups is 1. The molecule has 0 saturated carbocycles. The second-order valence-electron chi connectivity index (χ2n) is 5.28. The molecule has 20 heavy (non-hydrogen) atoms. The fraction of sp³-hybridized carbons (Fsp3) is 0.562. The highest BCUT2D eigenvalue weighted by Gasteiger charge is 2.19. The summed E-state index contributed by atoms with van der Waals surface area (Å²) in [4.78, 5) is 11.1. The monoisotopic (exact) mass is 279 g/mol. The second kappa shape index (κ2) is 8.72. The van der Waals surface area contributed by atoms with Crippen LogP contribution in [-0.4, -0.2) is 38.9 Å². The van der Waals surface area contributed by atoms with Gasteiger partial charge < -0.3 is 14.8 Å². The molecule has 0 heterocycles. The van der Waals surface area contributed by atoms with Crippen LogP contribution in [0.15, 0.2) is 30.3 Å². The van der Waals surface area contributed by atoms with E-state index in [2.05, 4.69) is 43.4 Å². The Labute approximate surface area is 121 Å². The van der Waals surface area contributed by atoms with Crippen LogP contribution in [0.1, 0.15) is 26.3 Å². The Hall–Kier alpha value is -1.39. The standard InChI is InChI=1S/C16H25NO3/c1-4-20-15(18)12-19-11-10-17-13-16(2,3)14-8-6-5-7-9-14/h5-9,17H,4,10-13H2,1-3H3. The summed E-state index contributed by atoms with van der Waals surface area (Å²) >= 11 is 0. The summed E-state index contributed by atoms with van der Waals surface area (Å²) in [6.07, 6.45) is 0. The lowest BCUT2D eigenvalue weighted by Crippen LogP contribution is -2.35. The van der Waals surface area contributed by atoms with E-state index in [0.29, 0.717) is 13.2 Å². The van der Waals surface area contributed by atoms with Gasteiger partial charge in [-0.15, -0.1) is 0 Å². The molecule has 4 heteroatoms. The summed E-state index contributed by atoms with van der Waals surface area (Å²) in [6.45, 7) is 8.69. The normalized spacial score (nSPS) is 11.3. The van der Waals surface area contributed by atoms with Crippen LogP contribution in [0, 0.1) is 0 Å². The van der Waals surface area contributed by atoms with Gasteiger partial charge in [0.2, 0.25) is 0 Å². The fourth-order valence-corrected chi connectivity index (χ4v) is 1.89. The minimum Gasteiger partial charge on any atom is -0.464 e. The van der Waals surface area contributed by atoms with Crippen LogP contribution >= 0.6 is 0 Å². The maximum Gasteiger partial charge on any atom is 0.332 e. The van der Waals surface area contributed by atoms with E-state index in [1.54, 1.807) is 6.92 Å². The smallest absolute Gasteiger partial charge is 0.332 e. The van der Waals surface area contributed by atoms with Crippen molar-refractivity contribution in [2.24, 2.45) is 0 Å². The van der Waals surface area contributed by atoms with E-state index < -0.39 is 0 Å². The average molecular weight is 279 g/mol. The Bertz CT molecular complexity index is 390. The van der Waals surface area contributed by atoms with Crippen LogP contribution in [0.3, 0.4) is 0 Å². The molecule has 1 N–H and O–H groups in total. The number of hydrogen-bond acceptors (Lipinski definition) is 4. The first-order valence-corrected chi connectivity index (χ1v) is 7.06. The topological polar surface area (TPSA) is 47.6 Å². The molecule has 0 fully saturated rings. The fourth-order valence-electron chi connectivity index (χ4n) is 1.89. The lowest BCUT2D eigenvalue weighted by Gasteiger charge is -2.25. The number of nitrogens with one attached hydrogen (secondary N) is 1. The molecule has 0 saturated heterocycles. The first kappa shape index (κ1) is 16.7. The largest absolute Gasteiger partial charge is 0.464 e. The molecule has 0 unspecified atom stereocenters. The van der Waals surface area contributed by atoms with E-state index in [-0.39, 0.29) is 18.0 Å². The molecular weight excluding hydrogens is 254 g/mol. The van der Waals surface area contributed by atoms with Crippen molar-refractivity contribution in [1.29, 1.82) is 0 Å². The molecule has 0 radical (unpaired) electrons. The van der Waals surface area contributed by atoms with E-state index in [1.807, 2.05) is 6.07 Å². The third-order valence-electron chi connectivity index (χ3n) is 3.07. The predicted molar refractivity (Wildman–Crippen MR) is 79.8 cm³/mol. The van der Waals surface area contributed by atoms with Gasteiger partial charge in [0.25, 0.3) is 0 Å². The lowest BCUT2D eigenvalue weighted by atomic mass is 9.85. The van der Waals surface area contributed by atoms with Crippen LogP contribution in [0.5, 0.6) is 0 Å². The molecule has 0 aliphatic carbocycles. The van der Waals surface area contributed by atoms with Gasteiger partial charge in [-0.1, -0.05) is 44.2 Å². The quantitative estimate of drug-likeness (QED) is 0.556. The zero-order chi connectivity index (χ0) is 14.8. The Kier molecular flexibility index (Phi) is 7.26. The van der Waals surface area contributed by atoms with Crippen molar-refractivity contribution in [3.05, 3.63) is 35.9 Å². The van der Waals surface area contributed by atoms with Crippen LogP contribution < -0.4 is 5.32 Å². The number of esters is 1. The van der Waals surface area contributed by atoms with E-state index in [1.165, 1.54) is 5.56 Å². The van der Waals surface area contributed by atoms with Crippen molar-refractivity contribution in [3.8, 4) is 0 Å². The maximum absolute atomic E-state index is 11.1. The Morgan fingerprint density at radius 2 is 1.95 bits per heavy atom. The lowest BCUT2D eigenvalue weighted by molar-refractivity contribution is -0.148. The molecule has 0 amide bonds. The molecule has 0 spiro atoms. The van der Waals surface area contributed by atoms with Gasteiger partial charge >= 0.3 is 5.97 Å². The third kappa shape index (κ3) is 6.17. The van der Waals surface area contributed by atoms with Crippen LogP contribution in [-0.2, 0) is 19.7 Å². The molecule has 0 bridgehead atoms. The van der Waals surface area contributed by atoms with Crippen molar-refractivity contribution in [3.63, 3.8) is 0 Å². The number of hydrogen-bond donors (Lipinski definition) is 1. The first-order chi connectivity index (χ1) is 9.56. The van der Waals surface area contributed by atoms with E-state index in [9.17, 15) is 4.79 Å². The van der Waals surface area contributed by atoms with Gasteiger partial charge in [-0.2, -0.15) is 0 Å². The summed E-state index contributed by atoms with van der Waals surface area (Å²) in [5.74, 6) is -0.308. The Morgan fingerprint density at radius 1 is 1.25 bits per heavy atom. The molecule has 1 aromatic carbocycles. The minimum absolute atomic E-state index is 0.0254. The molecule has 1 rings (SSSR count). The molecule has 0 aromatic heterocycles. The second-order valence-corrected chi connectivity index (χ2v) is 5.28. The number of rotatable bonds is 9. The third-order valence-corrected chi connectivity index (χ3v) is 3.07. The number of carbonyl (C=O) groups excluding carboxylic acids is 1. The van der Waals surface area contributed by atoms with E-state index in [4.69, 9.17) is 9.47 Å². The SMILES string of the molecule is CCOC(=O)COCCNCC(C)(C)c1ccccc1. The maximum atomic E-state index is 11.1. The highest BCUT2D eigenvalue weighted by molar-refractivity contribution is 5.70. The molecule has 0 aliphatic heterocycles.